The first-order chi connectivity index (χ1) is 9.03. The zero-order valence-corrected chi connectivity index (χ0v) is 11.5. The molecule has 1 heterocycles. The number of thiophene rings is 1. The zero-order chi connectivity index (χ0) is 13.9. The molecule has 0 radical (unpaired) electrons. The molecule has 0 bridgehead atoms. The minimum Gasteiger partial charge on any atom is -0.398 e. The van der Waals surface area contributed by atoms with Crippen molar-refractivity contribution in [3.05, 3.63) is 46.2 Å². The fourth-order valence-corrected chi connectivity index (χ4v) is 3.31. The van der Waals surface area contributed by atoms with Gasteiger partial charge in [-0.15, -0.1) is 0 Å². The Morgan fingerprint density at radius 1 is 1.37 bits per heavy atom. The quantitative estimate of drug-likeness (QED) is 0.838. The second-order valence-corrected chi connectivity index (χ2v) is 6.34. The minimum absolute atomic E-state index is 0.0123. The molecule has 2 rings (SSSR count). The summed E-state index contributed by atoms with van der Waals surface area (Å²) in [5.41, 5.74) is 6.95. The summed E-state index contributed by atoms with van der Waals surface area (Å²) in [7, 11) is -3.67. The van der Waals surface area contributed by atoms with E-state index >= 15 is 0 Å². The monoisotopic (exact) mass is 293 g/mol. The molecule has 98 valence electrons. The lowest BCUT2D eigenvalue weighted by Gasteiger charge is -2.08. The number of hydrogen-bond donors (Lipinski definition) is 2. The number of nitrogen functional groups attached to an aromatic ring is 1. The average molecular weight is 293 g/mol. The van der Waals surface area contributed by atoms with Gasteiger partial charge >= 0.3 is 0 Å². The largest absolute Gasteiger partial charge is 0.398 e. The maximum absolute atomic E-state index is 12.1. The van der Waals surface area contributed by atoms with Crippen molar-refractivity contribution in [3.63, 3.8) is 0 Å². The first-order valence-corrected chi connectivity index (χ1v) is 7.76. The van der Waals surface area contributed by atoms with Crippen LogP contribution in [0.4, 0.5) is 5.69 Å². The van der Waals surface area contributed by atoms with E-state index < -0.39 is 10.0 Å². The normalized spacial score (nSPS) is 11.1. The first kappa shape index (κ1) is 13.5. The lowest BCUT2D eigenvalue weighted by Crippen LogP contribution is -2.24. The molecule has 19 heavy (non-hydrogen) atoms. The van der Waals surface area contributed by atoms with E-state index in [1.807, 2.05) is 22.9 Å². The third-order valence-electron chi connectivity index (χ3n) is 2.47. The van der Waals surface area contributed by atoms with Crippen molar-refractivity contribution < 1.29 is 8.42 Å². The van der Waals surface area contributed by atoms with Gasteiger partial charge in [-0.3, -0.25) is 0 Å². The number of nitrogens with two attached hydrogens (primary N) is 1. The summed E-state index contributed by atoms with van der Waals surface area (Å²) in [6.07, 6.45) is 0. The molecule has 0 aliphatic rings. The number of anilines is 1. The topological polar surface area (TPSA) is 96.0 Å². The van der Waals surface area contributed by atoms with Gasteiger partial charge in [-0.25, -0.2) is 13.1 Å². The van der Waals surface area contributed by atoms with E-state index in [0.29, 0.717) is 5.56 Å². The first-order valence-electron chi connectivity index (χ1n) is 5.33. The molecule has 7 heteroatoms. The number of nitrogens with one attached hydrogen (secondary N) is 1. The molecule has 3 N–H and O–H groups in total. The molecule has 0 atom stereocenters. The third kappa shape index (κ3) is 3.12. The minimum atomic E-state index is -3.67. The molecule has 0 spiro atoms. The number of hydrogen-bond acceptors (Lipinski definition) is 5. The van der Waals surface area contributed by atoms with E-state index in [0.717, 1.165) is 5.56 Å². The molecular formula is C12H11N3O2S2. The Balaban J connectivity index is 2.22. The molecule has 0 unspecified atom stereocenters. The SMILES string of the molecule is N#Cc1ccc(S(=O)(=O)NCc2ccsc2)c(N)c1. The van der Waals surface area contributed by atoms with Crippen LogP contribution in [0.5, 0.6) is 0 Å². The van der Waals surface area contributed by atoms with Gasteiger partial charge in [0.1, 0.15) is 4.90 Å². The maximum Gasteiger partial charge on any atom is 0.242 e. The van der Waals surface area contributed by atoms with Crippen molar-refractivity contribution in [1.29, 1.82) is 5.26 Å². The number of sulfonamides is 1. The van der Waals surface area contributed by atoms with E-state index in [1.54, 1.807) is 0 Å². The molecule has 0 aliphatic heterocycles. The Kier molecular flexibility index (Phi) is 3.85. The second-order valence-electron chi connectivity index (χ2n) is 3.82. The predicted molar refractivity (Wildman–Crippen MR) is 73.9 cm³/mol. The number of nitrogens with zero attached hydrogens (tertiary/aromatic N) is 1. The molecule has 1 aromatic heterocycles. The lowest BCUT2D eigenvalue weighted by atomic mass is 10.2. The van der Waals surface area contributed by atoms with Crippen LogP contribution in [0, 0.1) is 11.3 Å². The van der Waals surface area contributed by atoms with Crippen LogP contribution in [-0.2, 0) is 16.6 Å². The number of rotatable bonds is 4. The Labute approximate surface area is 115 Å². The Hall–Kier alpha value is -1.88. The van der Waals surface area contributed by atoms with Crippen LogP contribution in [0.3, 0.4) is 0 Å². The molecule has 0 saturated carbocycles. The smallest absolute Gasteiger partial charge is 0.242 e. The van der Waals surface area contributed by atoms with E-state index in [-0.39, 0.29) is 17.1 Å². The molecule has 0 fully saturated rings. The second kappa shape index (κ2) is 5.40. The summed E-state index contributed by atoms with van der Waals surface area (Å²) in [6, 6.07) is 7.86. The van der Waals surface area contributed by atoms with Gasteiger partial charge in [0.15, 0.2) is 0 Å². The van der Waals surface area contributed by atoms with Crippen molar-refractivity contribution in [2.24, 2.45) is 0 Å². The molecular weight excluding hydrogens is 282 g/mol. The average Bonchev–Trinajstić information content (AvgIpc) is 2.89. The molecule has 1 aromatic carbocycles. The van der Waals surface area contributed by atoms with Gasteiger partial charge in [-0.05, 0) is 40.6 Å². The van der Waals surface area contributed by atoms with Crippen LogP contribution in [-0.4, -0.2) is 8.42 Å². The van der Waals surface area contributed by atoms with Crippen molar-refractivity contribution in [2.75, 3.05) is 5.73 Å². The van der Waals surface area contributed by atoms with Crippen molar-refractivity contribution in [3.8, 4) is 6.07 Å². The highest BCUT2D eigenvalue weighted by atomic mass is 32.2. The Bertz CT molecular complexity index is 716. The molecule has 2 aromatic rings. The Morgan fingerprint density at radius 2 is 2.16 bits per heavy atom. The number of benzene rings is 1. The predicted octanol–water partition coefficient (Wildman–Crippen LogP) is 1.68. The van der Waals surface area contributed by atoms with E-state index in [4.69, 9.17) is 11.0 Å². The summed E-state index contributed by atoms with van der Waals surface area (Å²) in [5, 5.41) is 12.5. The highest BCUT2D eigenvalue weighted by Gasteiger charge is 2.17. The van der Waals surface area contributed by atoms with Gasteiger partial charge in [-0.2, -0.15) is 16.6 Å². The van der Waals surface area contributed by atoms with Gasteiger partial charge in [0.2, 0.25) is 10.0 Å². The van der Waals surface area contributed by atoms with Crippen LogP contribution in [0.15, 0.2) is 39.9 Å². The van der Waals surface area contributed by atoms with E-state index in [1.165, 1.54) is 29.5 Å². The van der Waals surface area contributed by atoms with Gasteiger partial charge in [0.25, 0.3) is 0 Å². The highest BCUT2D eigenvalue weighted by molar-refractivity contribution is 7.89. The van der Waals surface area contributed by atoms with Crippen LogP contribution >= 0.6 is 11.3 Å². The number of nitriles is 1. The van der Waals surface area contributed by atoms with Gasteiger partial charge in [0.05, 0.1) is 17.3 Å². The van der Waals surface area contributed by atoms with Crippen LogP contribution in [0.1, 0.15) is 11.1 Å². The van der Waals surface area contributed by atoms with Gasteiger partial charge < -0.3 is 5.73 Å². The lowest BCUT2D eigenvalue weighted by molar-refractivity contribution is 0.582. The van der Waals surface area contributed by atoms with Crippen LogP contribution < -0.4 is 10.5 Å². The van der Waals surface area contributed by atoms with Gasteiger partial charge in [-0.1, -0.05) is 0 Å². The fraction of sp³-hybridized carbons (Fsp3) is 0.0833. The summed E-state index contributed by atoms with van der Waals surface area (Å²) >= 11 is 1.50. The molecule has 5 nitrogen and oxygen atoms in total. The summed E-state index contributed by atoms with van der Waals surface area (Å²) in [4.78, 5) is -0.0123. The van der Waals surface area contributed by atoms with Crippen LogP contribution in [0.2, 0.25) is 0 Å². The third-order valence-corrected chi connectivity index (χ3v) is 4.68. The summed E-state index contributed by atoms with van der Waals surface area (Å²) in [6.45, 7) is 0.214. The fourth-order valence-electron chi connectivity index (χ4n) is 1.51. The van der Waals surface area contributed by atoms with Crippen LogP contribution in [0.25, 0.3) is 0 Å². The van der Waals surface area contributed by atoms with E-state index in [9.17, 15) is 8.42 Å². The van der Waals surface area contributed by atoms with Crippen molar-refractivity contribution in [2.45, 2.75) is 11.4 Å². The molecule has 0 saturated heterocycles. The summed E-state index contributed by atoms with van der Waals surface area (Å²) < 4.78 is 26.6. The molecule has 0 aliphatic carbocycles. The zero-order valence-electron chi connectivity index (χ0n) is 9.83. The summed E-state index contributed by atoms with van der Waals surface area (Å²) in [5.74, 6) is 0. The maximum atomic E-state index is 12.1. The van der Waals surface area contributed by atoms with Crippen molar-refractivity contribution in [1.82, 2.24) is 4.72 Å². The van der Waals surface area contributed by atoms with Crippen molar-refractivity contribution >= 4 is 27.0 Å². The molecule has 0 amide bonds. The van der Waals surface area contributed by atoms with Gasteiger partial charge in [0, 0.05) is 6.54 Å². The standard InChI is InChI=1S/C12H11N3O2S2/c13-6-9-1-2-12(11(14)5-9)19(16,17)15-7-10-3-4-18-8-10/h1-5,8,15H,7,14H2. The van der Waals surface area contributed by atoms with E-state index in [2.05, 4.69) is 4.72 Å². The highest BCUT2D eigenvalue weighted by Crippen LogP contribution is 2.19. The Morgan fingerprint density at radius 3 is 2.74 bits per heavy atom.